The van der Waals surface area contributed by atoms with Gasteiger partial charge in [0.1, 0.15) is 6.04 Å². The molecule has 1 aliphatic carbocycles. The molecule has 4 aromatic rings. The molecule has 162 valence electrons. The van der Waals surface area contributed by atoms with Gasteiger partial charge in [0, 0.05) is 29.3 Å². The molecule has 3 aromatic heterocycles. The number of benzene rings is 1. The third kappa shape index (κ3) is 3.84. The number of rotatable bonds is 6. The van der Waals surface area contributed by atoms with Crippen molar-refractivity contribution >= 4 is 17.2 Å². The van der Waals surface area contributed by atoms with Crippen LogP contribution in [0.4, 0.5) is 5.69 Å². The van der Waals surface area contributed by atoms with Crippen LogP contribution in [0.1, 0.15) is 37.4 Å². The maximum atomic E-state index is 12.9. The van der Waals surface area contributed by atoms with Crippen molar-refractivity contribution in [1.82, 2.24) is 24.4 Å². The molecule has 1 unspecified atom stereocenters. The summed E-state index contributed by atoms with van der Waals surface area (Å²) in [5, 5.41) is 11.6. The van der Waals surface area contributed by atoms with Crippen LogP contribution in [0, 0.1) is 0 Å². The summed E-state index contributed by atoms with van der Waals surface area (Å²) in [6.45, 7) is 1.67. The Labute approximate surface area is 183 Å². The van der Waals surface area contributed by atoms with Crippen molar-refractivity contribution in [2.24, 2.45) is 0 Å². The lowest BCUT2D eigenvalue weighted by Gasteiger charge is -2.15. The molecule has 9 heteroatoms. The van der Waals surface area contributed by atoms with Crippen LogP contribution in [0.3, 0.4) is 0 Å². The number of nitrogens with one attached hydrogen (secondary N) is 1. The second-order valence-electron chi connectivity index (χ2n) is 7.87. The lowest BCUT2D eigenvalue weighted by molar-refractivity contribution is -0.119. The number of hydrogen-bond donors (Lipinski definition) is 1. The minimum absolute atomic E-state index is 0.293. The lowest BCUT2D eigenvalue weighted by Crippen LogP contribution is -2.33. The van der Waals surface area contributed by atoms with Gasteiger partial charge in [0.15, 0.2) is 5.65 Å². The molecule has 1 fully saturated rings. The molecule has 1 aliphatic rings. The first kappa shape index (κ1) is 19.9. The molecule has 1 N–H and O–H groups in total. The van der Waals surface area contributed by atoms with E-state index in [2.05, 4.69) is 20.5 Å². The van der Waals surface area contributed by atoms with E-state index in [-0.39, 0.29) is 11.5 Å². The van der Waals surface area contributed by atoms with E-state index in [1.54, 1.807) is 42.9 Å². The highest BCUT2D eigenvalue weighted by Crippen LogP contribution is 2.38. The van der Waals surface area contributed by atoms with Gasteiger partial charge in [-0.25, -0.2) is 14.2 Å². The molecule has 1 atom stereocenters. The van der Waals surface area contributed by atoms with E-state index < -0.39 is 6.04 Å². The monoisotopic (exact) mass is 430 g/mol. The van der Waals surface area contributed by atoms with E-state index >= 15 is 0 Å². The van der Waals surface area contributed by atoms with Crippen LogP contribution in [-0.4, -0.2) is 37.4 Å². The van der Waals surface area contributed by atoms with E-state index in [0.29, 0.717) is 28.8 Å². The van der Waals surface area contributed by atoms with Crippen molar-refractivity contribution in [1.29, 1.82) is 0 Å². The van der Waals surface area contributed by atoms with E-state index in [9.17, 15) is 9.59 Å². The van der Waals surface area contributed by atoms with Crippen LogP contribution >= 0.6 is 0 Å². The van der Waals surface area contributed by atoms with Gasteiger partial charge in [-0.2, -0.15) is 5.10 Å². The number of anilines is 1. The molecule has 1 aromatic carbocycles. The van der Waals surface area contributed by atoms with Gasteiger partial charge >= 0.3 is 0 Å². The molecule has 3 heterocycles. The van der Waals surface area contributed by atoms with Gasteiger partial charge in [-0.05, 0) is 44.0 Å². The number of imidazole rings is 1. The van der Waals surface area contributed by atoms with Gasteiger partial charge in [0.05, 0.1) is 24.7 Å². The zero-order chi connectivity index (χ0) is 22.2. The number of nitrogens with zero attached hydrogens (tertiary/aromatic N) is 5. The van der Waals surface area contributed by atoms with Gasteiger partial charge in [-0.1, -0.05) is 12.1 Å². The molecule has 0 bridgehead atoms. The Morgan fingerprint density at radius 3 is 2.78 bits per heavy atom. The normalized spacial score (nSPS) is 14.3. The van der Waals surface area contributed by atoms with Gasteiger partial charge in [-0.3, -0.25) is 9.59 Å². The average molecular weight is 430 g/mol. The van der Waals surface area contributed by atoms with Crippen LogP contribution in [0.5, 0.6) is 5.88 Å². The summed E-state index contributed by atoms with van der Waals surface area (Å²) in [6.07, 6.45) is 3.95. The zero-order valence-corrected chi connectivity index (χ0v) is 17.7. The molecule has 9 nitrogen and oxygen atoms in total. The largest absolute Gasteiger partial charge is 0.480 e. The maximum Gasteiger partial charge on any atom is 0.267 e. The summed E-state index contributed by atoms with van der Waals surface area (Å²) < 4.78 is 8.06. The Morgan fingerprint density at radius 1 is 1.16 bits per heavy atom. The minimum atomic E-state index is -0.739. The Balaban J connectivity index is 1.37. The third-order valence-electron chi connectivity index (χ3n) is 5.52. The van der Waals surface area contributed by atoms with Crippen LogP contribution in [0.25, 0.3) is 16.9 Å². The van der Waals surface area contributed by atoms with Crippen molar-refractivity contribution in [2.75, 3.05) is 12.4 Å². The number of aromatic nitrogens is 5. The summed E-state index contributed by atoms with van der Waals surface area (Å²) in [5.41, 5.74) is 3.40. The number of ether oxygens (including phenoxy) is 1. The SMILES string of the molecule is COc1ccc2nc(-c3cccc(NC(=O)C(C)n4nc(C5CC5)ccc4=O)c3)cn2n1. The zero-order valence-electron chi connectivity index (χ0n) is 17.7. The molecule has 0 radical (unpaired) electrons. The molecule has 32 heavy (non-hydrogen) atoms. The van der Waals surface area contributed by atoms with Crippen LogP contribution in [0.2, 0.25) is 0 Å². The Morgan fingerprint density at radius 2 is 2.00 bits per heavy atom. The summed E-state index contributed by atoms with van der Waals surface area (Å²) >= 11 is 0. The molecule has 0 spiro atoms. The van der Waals surface area contributed by atoms with Crippen molar-refractivity contribution in [2.45, 2.75) is 31.7 Å². The summed E-state index contributed by atoms with van der Waals surface area (Å²) in [4.78, 5) is 29.7. The number of hydrogen-bond acceptors (Lipinski definition) is 6. The van der Waals surface area contributed by atoms with Crippen LogP contribution in [-0.2, 0) is 4.79 Å². The van der Waals surface area contributed by atoms with Crippen molar-refractivity contribution in [3.05, 3.63) is 70.8 Å². The Kier molecular flexibility index (Phi) is 4.93. The number of amides is 1. The highest BCUT2D eigenvalue weighted by molar-refractivity contribution is 5.94. The van der Waals surface area contributed by atoms with Crippen molar-refractivity contribution in [3.63, 3.8) is 0 Å². The number of fused-ring (bicyclic) bond motifs is 1. The topological polar surface area (TPSA) is 103 Å². The molecule has 1 saturated carbocycles. The summed E-state index contributed by atoms with van der Waals surface area (Å²) in [7, 11) is 1.56. The highest BCUT2D eigenvalue weighted by Gasteiger charge is 2.27. The second-order valence-corrected chi connectivity index (χ2v) is 7.87. The maximum absolute atomic E-state index is 12.9. The standard InChI is InChI=1S/C23H22N6O3/c1-14(29-22(30)11-8-18(26-29)15-6-7-15)23(31)24-17-5-3-4-16(12-17)19-13-28-20(25-19)9-10-21(27-28)32-2/h3-5,8-15H,6-7H2,1-2H3,(H,24,31). The van der Waals surface area contributed by atoms with E-state index in [0.717, 1.165) is 24.1 Å². The van der Waals surface area contributed by atoms with Gasteiger partial charge in [-0.15, -0.1) is 5.10 Å². The molecule has 1 amide bonds. The number of carbonyl (C=O) groups excluding carboxylic acids is 1. The quantitative estimate of drug-likeness (QED) is 0.504. The molecular weight excluding hydrogens is 408 g/mol. The van der Waals surface area contributed by atoms with Gasteiger partial charge in [0.2, 0.25) is 11.8 Å². The van der Waals surface area contributed by atoms with E-state index in [1.165, 1.54) is 10.7 Å². The van der Waals surface area contributed by atoms with E-state index in [4.69, 9.17) is 4.74 Å². The van der Waals surface area contributed by atoms with Crippen molar-refractivity contribution < 1.29 is 9.53 Å². The Bertz CT molecular complexity index is 1370. The predicted octanol–water partition coefficient (Wildman–Crippen LogP) is 3.04. The first-order valence-corrected chi connectivity index (χ1v) is 10.4. The summed E-state index contributed by atoms with van der Waals surface area (Å²) in [6, 6.07) is 13.4. The highest BCUT2D eigenvalue weighted by atomic mass is 16.5. The third-order valence-corrected chi connectivity index (χ3v) is 5.52. The fourth-order valence-corrected chi connectivity index (χ4v) is 3.54. The second kappa shape index (κ2) is 7.92. The molecule has 5 rings (SSSR count). The minimum Gasteiger partial charge on any atom is -0.480 e. The van der Waals surface area contributed by atoms with Gasteiger partial charge < -0.3 is 10.1 Å². The summed E-state index contributed by atoms with van der Waals surface area (Å²) in [5.74, 6) is 0.575. The van der Waals surface area contributed by atoms with Crippen LogP contribution < -0.4 is 15.6 Å². The fraction of sp³-hybridized carbons (Fsp3) is 0.261. The predicted molar refractivity (Wildman–Crippen MR) is 119 cm³/mol. The van der Waals surface area contributed by atoms with E-state index in [1.807, 2.05) is 24.3 Å². The molecular formula is C23H22N6O3. The average Bonchev–Trinajstić information content (AvgIpc) is 3.57. The smallest absolute Gasteiger partial charge is 0.267 e. The first-order chi connectivity index (χ1) is 15.5. The molecule has 0 aliphatic heterocycles. The number of carbonyl (C=O) groups is 1. The van der Waals surface area contributed by atoms with Crippen LogP contribution in [0.15, 0.2) is 59.5 Å². The Hall–Kier alpha value is -4.01. The van der Waals surface area contributed by atoms with Gasteiger partial charge in [0.25, 0.3) is 5.56 Å². The van der Waals surface area contributed by atoms with Crippen molar-refractivity contribution in [3.8, 4) is 17.1 Å². The first-order valence-electron chi connectivity index (χ1n) is 10.4. The lowest BCUT2D eigenvalue weighted by atomic mass is 10.1. The number of methoxy groups -OCH3 is 1. The fourth-order valence-electron chi connectivity index (χ4n) is 3.54. The molecule has 0 saturated heterocycles.